The van der Waals surface area contributed by atoms with Crippen LogP contribution in [0.3, 0.4) is 0 Å². The minimum atomic E-state index is -0.00276. The van der Waals surface area contributed by atoms with E-state index in [-0.39, 0.29) is 6.03 Å². The van der Waals surface area contributed by atoms with Crippen molar-refractivity contribution in [3.05, 3.63) is 54.9 Å². The average molecular weight is 308 g/mol. The summed E-state index contributed by atoms with van der Waals surface area (Å²) in [6.07, 6.45) is 10.3. The zero-order valence-corrected chi connectivity index (χ0v) is 12.9. The predicted octanol–water partition coefficient (Wildman–Crippen LogP) is 3.30. The van der Waals surface area contributed by atoms with E-state index in [0.717, 1.165) is 37.3 Å². The molecule has 0 radical (unpaired) electrons. The minimum absolute atomic E-state index is 0.00276. The number of allylic oxidation sites excluding steroid dienone is 2. The van der Waals surface area contributed by atoms with Gasteiger partial charge in [0, 0.05) is 31.2 Å². The number of carbonyl (C=O) groups excluding carboxylic acids is 1. The van der Waals surface area contributed by atoms with Crippen LogP contribution in [0.4, 0.5) is 10.5 Å². The normalized spacial score (nSPS) is 22.9. The van der Waals surface area contributed by atoms with Crippen molar-refractivity contribution in [1.29, 1.82) is 0 Å². The maximum atomic E-state index is 12.5. The van der Waals surface area contributed by atoms with Crippen molar-refractivity contribution in [3.63, 3.8) is 0 Å². The fraction of sp³-hybridized carbons (Fsp3) is 0.333. The molecule has 2 aromatic rings. The Morgan fingerprint density at radius 3 is 2.61 bits per heavy atom. The van der Waals surface area contributed by atoms with Gasteiger partial charge in [0.1, 0.15) is 0 Å². The first-order valence-corrected chi connectivity index (χ1v) is 8.10. The van der Waals surface area contributed by atoms with Gasteiger partial charge < -0.3 is 10.2 Å². The zero-order valence-electron chi connectivity index (χ0n) is 12.9. The highest BCUT2D eigenvalue weighted by Crippen LogP contribution is 2.33. The van der Waals surface area contributed by atoms with Gasteiger partial charge in [-0.15, -0.1) is 0 Å². The third-order valence-corrected chi connectivity index (χ3v) is 4.77. The summed E-state index contributed by atoms with van der Waals surface area (Å²) in [6.45, 7) is 1.72. The molecule has 5 heteroatoms. The summed E-state index contributed by atoms with van der Waals surface area (Å²) in [7, 11) is 0. The standard InChI is InChI=1S/C18H20N4O/c23-18(21-12-14-5-1-2-6-15(14)13-21)20-16-7-3-8-17(11-16)22-10-4-9-19-22/h1-4,7-11,14-15H,5-6,12-13H2,(H,20,23)/t14-,15+. The molecular formula is C18H20N4O. The summed E-state index contributed by atoms with van der Waals surface area (Å²) in [5.74, 6) is 1.25. The third-order valence-electron chi connectivity index (χ3n) is 4.77. The van der Waals surface area contributed by atoms with Crippen molar-refractivity contribution in [2.45, 2.75) is 12.8 Å². The first-order chi connectivity index (χ1) is 11.3. The molecule has 0 unspecified atom stereocenters. The predicted molar refractivity (Wildman–Crippen MR) is 89.5 cm³/mol. The lowest BCUT2D eigenvalue weighted by Gasteiger charge is -2.17. The van der Waals surface area contributed by atoms with Gasteiger partial charge in [-0.1, -0.05) is 18.2 Å². The summed E-state index contributed by atoms with van der Waals surface area (Å²) in [6, 6.07) is 9.63. The van der Waals surface area contributed by atoms with E-state index < -0.39 is 0 Å². The van der Waals surface area contributed by atoms with E-state index in [1.54, 1.807) is 10.9 Å². The molecule has 1 saturated heterocycles. The molecule has 0 saturated carbocycles. The van der Waals surface area contributed by atoms with Gasteiger partial charge >= 0.3 is 6.03 Å². The van der Waals surface area contributed by atoms with Crippen molar-refractivity contribution >= 4 is 11.7 Å². The van der Waals surface area contributed by atoms with Crippen molar-refractivity contribution in [1.82, 2.24) is 14.7 Å². The molecule has 4 rings (SSSR count). The van der Waals surface area contributed by atoms with E-state index in [4.69, 9.17) is 0 Å². The number of carbonyl (C=O) groups is 1. The number of amides is 2. The van der Waals surface area contributed by atoms with Crippen LogP contribution in [0.2, 0.25) is 0 Å². The fourth-order valence-electron chi connectivity index (χ4n) is 3.53. The number of anilines is 1. The zero-order chi connectivity index (χ0) is 15.6. The lowest BCUT2D eigenvalue weighted by atomic mass is 9.86. The first kappa shape index (κ1) is 14.1. The van der Waals surface area contributed by atoms with Crippen molar-refractivity contribution in [2.75, 3.05) is 18.4 Å². The summed E-state index contributed by atoms with van der Waals surface area (Å²) in [4.78, 5) is 14.5. The molecule has 1 aromatic carbocycles. The SMILES string of the molecule is O=C(Nc1cccc(-n2cccn2)c1)N1C[C@H]2CC=CC[C@H]2C1. The van der Waals surface area contributed by atoms with E-state index in [2.05, 4.69) is 22.6 Å². The van der Waals surface area contributed by atoms with Crippen LogP contribution in [0.1, 0.15) is 12.8 Å². The first-order valence-electron chi connectivity index (χ1n) is 8.10. The molecule has 0 bridgehead atoms. The molecule has 1 aromatic heterocycles. The maximum absolute atomic E-state index is 12.5. The number of fused-ring (bicyclic) bond motifs is 1. The molecule has 0 spiro atoms. The highest BCUT2D eigenvalue weighted by molar-refractivity contribution is 5.89. The number of hydrogen-bond donors (Lipinski definition) is 1. The number of urea groups is 1. The third kappa shape index (κ3) is 2.86. The van der Waals surface area contributed by atoms with Gasteiger partial charge in [-0.05, 0) is 48.9 Å². The molecular weight excluding hydrogens is 288 g/mol. The maximum Gasteiger partial charge on any atom is 0.321 e. The van der Waals surface area contributed by atoms with E-state index in [9.17, 15) is 4.79 Å². The molecule has 5 nitrogen and oxygen atoms in total. The van der Waals surface area contributed by atoms with Gasteiger partial charge in [0.05, 0.1) is 5.69 Å². The van der Waals surface area contributed by atoms with Crippen molar-refractivity contribution in [3.8, 4) is 5.69 Å². The van der Waals surface area contributed by atoms with Crippen LogP contribution in [0.5, 0.6) is 0 Å². The quantitative estimate of drug-likeness (QED) is 0.865. The second-order valence-electron chi connectivity index (χ2n) is 6.30. The van der Waals surface area contributed by atoms with Gasteiger partial charge in [-0.3, -0.25) is 0 Å². The van der Waals surface area contributed by atoms with Gasteiger partial charge in [0.15, 0.2) is 0 Å². The molecule has 2 heterocycles. The van der Waals surface area contributed by atoms with Crippen LogP contribution in [0, 0.1) is 11.8 Å². The molecule has 23 heavy (non-hydrogen) atoms. The monoisotopic (exact) mass is 308 g/mol. The van der Waals surface area contributed by atoms with Crippen LogP contribution in [0.25, 0.3) is 5.69 Å². The number of rotatable bonds is 2. The number of aromatic nitrogens is 2. The Hall–Kier alpha value is -2.56. The molecule has 118 valence electrons. The largest absolute Gasteiger partial charge is 0.324 e. The second-order valence-corrected chi connectivity index (χ2v) is 6.30. The molecule has 1 N–H and O–H groups in total. The van der Waals surface area contributed by atoms with E-state index in [1.807, 2.05) is 41.4 Å². The lowest BCUT2D eigenvalue weighted by Crippen LogP contribution is -2.33. The van der Waals surface area contributed by atoms with Crippen molar-refractivity contribution < 1.29 is 4.79 Å². The Labute approximate surface area is 135 Å². The van der Waals surface area contributed by atoms with Crippen LogP contribution in [-0.2, 0) is 0 Å². The Balaban J connectivity index is 1.44. The Kier molecular flexibility index (Phi) is 3.61. The van der Waals surface area contributed by atoms with Crippen LogP contribution >= 0.6 is 0 Å². The minimum Gasteiger partial charge on any atom is -0.324 e. The van der Waals surface area contributed by atoms with E-state index in [1.165, 1.54) is 0 Å². The lowest BCUT2D eigenvalue weighted by molar-refractivity contribution is 0.220. The summed E-state index contributed by atoms with van der Waals surface area (Å²) in [5, 5.41) is 7.24. The molecule has 2 aliphatic rings. The molecule has 1 aliphatic heterocycles. The fourth-order valence-corrected chi connectivity index (χ4v) is 3.53. The van der Waals surface area contributed by atoms with Gasteiger partial charge in [-0.25, -0.2) is 9.48 Å². The number of benzene rings is 1. The second kappa shape index (κ2) is 5.91. The van der Waals surface area contributed by atoms with Crippen LogP contribution in [0.15, 0.2) is 54.9 Å². The van der Waals surface area contributed by atoms with Crippen molar-refractivity contribution in [2.24, 2.45) is 11.8 Å². The number of nitrogens with one attached hydrogen (secondary N) is 1. The summed E-state index contributed by atoms with van der Waals surface area (Å²) >= 11 is 0. The topological polar surface area (TPSA) is 50.2 Å². The highest BCUT2D eigenvalue weighted by Gasteiger charge is 2.35. The number of hydrogen-bond acceptors (Lipinski definition) is 2. The van der Waals surface area contributed by atoms with E-state index >= 15 is 0 Å². The number of likely N-dealkylation sites (tertiary alicyclic amines) is 1. The van der Waals surface area contributed by atoms with Gasteiger partial charge in [-0.2, -0.15) is 5.10 Å². The Bertz CT molecular complexity index is 706. The Morgan fingerprint density at radius 2 is 1.91 bits per heavy atom. The molecule has 2 atom stereocenters. The molecule has 2 amide bonds. The molecule has 1 fully saturated rings. The number of nitrogens with zero attached hydrogens (tertiary/aromatic N) is 3. The highest BCUT2D eigenvalue weighted by atomic mass is 16.2. The van der Waals surface area contributed by atoms with Crippen LogP contribution in [-0.4, -0.2) is 33.8 Å². The summed E-state index contributed by atoms with van der Waals surface area (Å²) < 4.78 is 1.78. The van der Waals surface area contributed by atoms with Gasteiger partial charge in [0.25, 0.3) is 0 Å². The van der Waals surface area contributed by atoms with E-state index in [0.29, 0.717) is 11.8 Å². The van der Waals surface area contributed by atoms with Crippen LogP contribution < -0.4 is 5.32 Å². The summed E-state index contributed by atoms with van der Waals surface area (Å²) in [5.41, 5.74) is 1.74. The molecule has 1 aliphatic carbocycles. The Morgan fingerprint density at radius 1 is 1.13 bits per heavy atom. The average Bonchev–Trinajstić information content (AvgIpc) is 3.24. The smallest absolute Gasteiger partial charge is 0.321 e. The van der Waals surface area contributed by atoms with Gasteiger partial charge in [0.2, 0.25) is 0 Å².